The van der Waals surface area contributed by atoms with Gasteiger partial charge in [0.05, 0.1) is 23.7 Å². The zero-order chi connectivity index (χ0) is 15.6. The molecule has 0 radical (unpaired) electrons. The van der Waals surface area contributed by atoms with Crippen LogP contribution in [0.5, 0.6) is 0 Å². The Morgan fingerprint density at radius 2 is 2.14 bits per heavy atom. The van der Waals surface area contributed by atoms with Gasteiger partial charge in [-0.2, -0.15) is 0 Å². The van der Waals surface area contributed by atoms with E-state index in [0.29, 0.717) is 12.1 Å². The molecule has 0 aromatic heterocycles. The molecule has 7 nitrogen and oxygen atoms in total. The van der Waals surface area contributed by atoms with Crippen LogP contribution in [0.4, 0.5) is 14.5 Å². The van der Waals surface area contributed by atoms with Gasteiger partial charge < -0.3 is 15.4 Å². The van der Waals surface area contributed by atoms with E-state index in [-0.39, 0.29) is 32.3 Å². The molecule has 2 rings (SSSR count). The number of nitrogens with zero attached hydrogens (tertiary/aromatic N) is 2. The van der Waals surface area contributed by atoms with E-state index in [1.807, 2.05) is 0 Å². The lowest BCUT2D eigenvalue weighted by Gasteiger charge is -2.32. The first kappa shape index (κ1) is 15.3. The molecule has 114 valence electrons. The Labute approximate surface area is 118 Å². The highest BCUT2D eigenvalue weighted by atomic mass is 19.2. The van der Waals surface area contributed by atoms with E-state index in [0.717, 1.165) is 0 Å². The van der Waals surface area contributed by atoms with Crippen molar-refractivity contribution in [3.05, 3.63) is 39.4 Å². The van der Waals surface area contributed by atoms with Gasteiger partial charge in [-0.3, -0.25) is 14.9 Å². The number of nitro groups is 1. The molecule has 1 aliphatic rings. The first-order valence-electron chi connectivity index (χ1n) is 6.18. The summed E-state index contributed by atoms with van der Waals surface area (Å²) in [6.07, 6.45) is -0.382. The van der Waals surface area contributed by atoms with Gasteiger partial charge in [-0.05, 0) is 6.07 Å². The average Bonchev–Trinajstić information content (AvgIpc) is 2.48. The predicted octanol–water partition coefficient (Wildman–Crippen LogP) is 0.673. The van der Waals surface area contributed by atoms with Gasteiger partial charge >= 0.3 is 0 Å². The molecule has 0 bridgehead atoms. The number of halogens is 2. The largest absolute Gasteiger partial charge is 0.373 e. The Morgan fingerprint density at radius 3 is 2.76 bits per heavy atom. The van der Waals surface area contributed by atoms with E-state index >= 15 is 0 Å². The van der Waals surface area contributed by atoms with Crippen molar-refractivity contribution in [2.75, 3.05) is 26.2 Å². The maximum absolute atomic E-state index is 13.3. The third kappa shape index (κ3) is 3.14. The summed E-state index contributed by atoms with van der Waals surface area (Å²) in [4.78, 5) is 23.5. The lowest BCUT2D eigenvalue weighted by Crippen LogP contribution is -2.48. The van der Waals surface area contributed by atoms with Gasteiger partial charge in [-0.1, -0.05) is 0 Å². The summed E-state index contributed by atoms with van der Waals surface area (Å²) in [6, 6.07) is 0.951. The molecule has 1 unspecified atom stereocenters. The molecule has 1 heterocycles. The number of morpholine rings is 1. The minimum absolute atomic E-state index is 0.144. The predicted molar refractivity (Wildman–Crippen MR) is 67.7 cm³/mol. The van der Waals surface area contributed by atoms with E-state index in [2.05, 4.69) is 0 Å². The monoisotopic (exact) mass is 301 g/mol. The van der Waals surface area contributed by atoms with Crippen molar-refractivity contribution in [1.82, 2.24) is 4.90 Å². The number of hydrogen-bond donors (Lipinski definition) is 1. The van der Waals surface area contributed by atoms with Gasteiger partial charge in [0.15, 0.2) is 11.6 Å². The van der Waals surface area contributed by atoms with Crippen molar-refractivity contribution in [2.24, 2.45) is 5.73 Å². The zero-order valence-corrected chi connectivity index (χ0v) is 10.9. The molecule has 0 saturated carbocycles. The summed E-state index contributed by atoms with van der Waals surface area (Å²) >= 11 is 0. The van der Waals surface area contributed by atoms with Crippen molar-refractivity contribution >= 4 is 11.6 Å². The fourth-order valence-corrected chi connectivity index (χ4v) is 2.08. The fourth-order valence-electron chi connectivity index (χ4n) is 2.08. The highest BCUT2D eigenvalue weighted by molar-refractivity contribution is 5.98. The number of rotatable bonds is 3. The van der Waals surface area contributed by atoms with Gasteiger partial charge in [0.2, 0.25) is 0 Å². The second kappa shape index (κ2) is 6.10. The summed E-state index contributed by atoms with van der Waals surface area (Å²) in [6.45, 7) is 0.756. The highest BCUT2D eigenvalue weighted by Gasteiger charge is 2.30. The third-order valence-corrected chi connectivity index (χ3v) is 3.15. The van der Waals surface area contributed by atoms with Crippen LogP contribution in [0.3, 0.4) is 0 Å². The zero-order valence-electron chi connectivity index (χ0n) is 10.9. The van der Waals surface area contributed by atoms with Crippen molar-refractivity contribution in [3.63, 3.8) is 0 Å². The van der Waals surface area contributed by atoms with Gasteiger partial charge in [0, 0.05) is 19.6 Å². The third-order valence-electron chi connectivity index (χ3n) is 3.15. The van der Waals surface area contributed by atoms with E-state index in [9.17, 15) is 23.7 Å². The Hall–Kier alpha value is -2.13. The molecular weight excluding hydrogens is 288 g/mol. The van der Waals surface area contributed by atoms with Crippen molar-refractivity contribution in [1.29, 1.82) is 0 Å². The standard InChI is InChI=1S/C12H13F2N3O4/c13-9-3-8(11(17(19)20)4-10(9)14)12(18)16-1-2-21-7(5-15)6-16/h3-4,7H,1-2,5-6,15H2. The number of carbonyl (C=O) groups is 1. The molecule has 9 heteroatoms. The molecule has 1 aromatic carbocycles. The number of hydrogen-bond acceptors (Lipinski definition) is 5. The van der Waals surface area contributed by atoms with Crippen molar-refractivity contribution in [3.8, 4) is 0 Å². The van der Waals surface area contributed by atoms with Crippen LogP contribution in [-0.4, -0.2) is 48.1 Å². The summed E-state index contributed by atoms with van der Waals surface area (Å²) in [7, 11) is 0. The number of nitro benzene ring substituents is 1. The van der Waals surface area contributed by atoms with Crippen molar-refractivity contribution in [2.45, 2.75) is 6.10 Å². The molecule has 2 N–H and O–H groups in total. The van der Waals surface area contributed by atoms with E-state index in [1.54, 1.807) is 0 Å². The number of nitrogens with two attached hydrogens (primary N) is 1. The van der Waals surface area contributed by atoms with Crippen molar-refractivity contribution < 1.29 is 23.2 Å². The Balaban J connectivity index is 2.34. The molecule has 0 aliphatic carbocycles. The summed E-state index contributed by atoms with van der Waals surface area (Å²) < 4.78 is 31.7. The Morgan fingerprint density at radius 1 is 1.48 bits per heavy atom. The highest BCUT2D eigenvalue weighted by Crippen LogP contribution is 2.24. The molecule has 1 aliphatic heterocycles. The fraction of sp³-hybridized carbons (Fsp3) is 0.417. The molecule has 1 fully saturated rings. The molecular formula is C12H13F2N3O4. The van der Waals surface area contributed by atoms with Crippen LogP contribution >= 0.6 is 0 Å². The number of ether oxygens (including phenoxy) is 1. The number of benzene rings is 1. The van der Waals surface area contributed by atoms with Crippen LogP contribution in [0.25, 0.3) is 0 Å². The molecule has 21 heavy (non-hydrogen) atoms. The number of amides is 1. The minimum Gasteiger partial charge on any atom is -0.373 e. The molecule has 1 saturated heterocycles. The Kier molecular flexibility index (Phi) is 4.43. The van der Waals surface area contributed by atoms with Gasteiger partial charge in [0.1, 0.15) is 5.56 Å². The number of carbonyl (C=O) groups excluding carboxylic acids is 1. The SMILES string of the molecule is NCC1CN(C(=O)c2cc(F)c(F)cc2[N+](=O)[O-])CCO1. The van der Waals surface area contributed by atoms with Crippen LogP contribution < -0.4 is 5.73 Å². The van der Waals surface area contributed by atoms with E-state index in [1.165, 1.54) is 4.90 Å². The van der Waals surface area contributed by atoms with Gasteiger partial charge in [0.25, 0.3) is 11.6 Å². The van der Waals surface area contributed by atoms with Gasteiger partial charge in [-0.15, -0.1) is 0 Å². The maximum Gasteiger partial charge on any atom is 0.285 e. The first-order valence-corrected chi connectivity index (χ1v) is 6.18. The lowest BCUT2D eigenvalue weighted by atomic mass is 10.1. The smallest absolute Gasteiger partial charge is 0.285 e. The van der Waals surface area contributed by atoms with E-state index in [4.69, 9.17) is 10.5 Å². The maximum atomic E-state index is 13.3. The quantitative estimate of drug-likeness (QED) is 0.653. The summed E-state index contributed by atoms with van der Waals surface area (Å²) in [5.74, 6) is -3.44. The molecule has 1 aromatic rings. The lowest BCUT2D eigenvalue weighted by molar-refractivity contribution is -0.385. The van der Waals surface area contributed by atoms with Crippen LogP contribution in [-0.2, 0) is 4.74 Å². The van der Waals surface area contributed by atoms with E-state index < -0.39 is 33.7 Å². The average molecular weight is 301 g/mol. The van der Waals surface area contributed by atoms with Gasteiger partial charge in [-0.25, -0.2) is 8.78 Å². The van der Waals surface area contributed by atoms with Crippen LogP contribution in [0.1, 0.15) is 10.4 Å². The Bertz CT molecular complexity index is 582. The normalized spacial score (nSPS) is 18.6. The summed E-state index contributed by atoms with van der Waals surface area (Å²) in [5, 5.41) is 10.9. The second-order valence-electron chi connectivity index (χ2n) is 4.52. The molecule has 1 amide bonds. The minimum atomic E-state index is -1.37. The second-order valence-corrected chi connectivity index (χ2v) is 4.52. The topological polar surface area (TPSA) is 98.7 Å². The van der Waals surface area contributed by atoms with Crippen LogP contribution in [0.15, 0.2) is 12.1 Å². The van der Waals surface area contributed by atoms with Crippen LogP contribution in [0, 0.1) is 21.7 Å². The first-order chi connectivity index (χ1) is 9.93. The van der Waals surface area contributed by atoms with Crippen LogP contribution in [0.2, 0.25) is 0 Å². The summed E-state index contributed by atoms with van der Waals surface area (Å²) in [5.41, 5.74) is 4.19. The molecule has 1 atom stereocenters. The molecule has 0 spiro atoms.